The number of anilines is 1. The van der Waals surface area contributed by atoms with Crippen molar-refractivity contribution in [3.63, 3.8) is 0 Å². The van der Waals surface area contributed by atoms with Gasteiger partial charge in [0.15, 0.2) is 5.17 Å². The summed E-state index contributed by atoms with van der Waals surface area (Å²) >= 11 is 1.11. The summed E-state index contributed by atoms with van der Waals surface area (Å²) in [5.41, 5.74) is 0.857. The van der Waals surface area contributed by atoms with E-state index >= 15 is 0 Å². The summed E-state index contributed by atoms with van der Waals surface area (Å²) in [5.74, 6) is -0.197. The van der Waals surface area contributed by atoms with E-state index in [-0.39, 0.29) is 23.2 Å². The number of rotatable bonds is 8. The van der Waals surface area contributed by atoms with E-state index in [0.29, 0.717) is 29.8 Å². The van der Waals surface area contributed by atoms with Crippen LogP contribution in [0.2, 0.25) is 0 Å². The largest absolute Gasteiger partial charge is 0.861 e. The average molecular weight is 453 g/mol. The van der Waals surface area contributed by atoms with Crippen LogP contribution in [-0.4, -0.2) is 41.7 Å². The van der Waals surface area contributed by atoms with Gasteiger partial charge < -0.3 is 14.3 Å². The Morgan fingerprint density at radius 1 is 1.31 bits per heavy atom. The fourth-order valence-electron chi connectivity index (χ4n) is 2.80. The molecule has 0 saturated carbocycles. The van der Waals surface area contributed by atoms with Crippen molar-refractivity contribution in [2.45, 2.75) is 6.54 Å². The lowest BCUT2D eigenvalue weighted by atomic mass is 10.2. The number of aliphatic imine (C=N–C) groups is 2. The Kier molecular flexibility index (Phi) is 6.78. The molecule has 0 saturated heterocycles. The molecule has 0 aliphatic carbocycles. The Bertz CT molecular complexity index is 1150. The Balaban J connectivity index is 1.51. The lowest BCUT2D eigenvalue weighted by Gasteiger charge is -2.18. The van der Waals surface area contributed by atoms with Gasteiger partial charge in [-0.2, -0.15) is 0 Å². The van der Waals surface area contributed by atoms with Crippen molar-refractivity contribution in [2.75, 3.05) is 24.4 Å². The number of benzene rings is 1. The van der Waals surface area contributed by atoms with E-state index in [1.54, 1.807) is 37.5 Å². The summed E-state index contributed by atoms with van der Waals surface area (Å²) in [6.45, 7) is 0.936. The second-order valence-electron chi connectivity index (χ2n) is 6.51. The molecule has 1 aliphatic heterocycles. The monoisotopic (exact) mass is 453 g/mol. The number of methoxy groups -OCH3 is 1. The van der Waals surface area contributed by atoms with Crippen molar-refractivity contribution in [1.29, 1.82) is 0 Å². The van der Waals surface area contributed by atoms with Gasteiger partial charge in [-0.3, -0.25) is 14.2 Å². The van der Waals surface area contributed by atoms with E-state index in [2.05, 4.69) is 15.3 Å². The number of carbonyl (C=O) groups is 1. The van der Waals surface area contributed by atoms with E-state index in [0.717, 1.165) is 11.8 Å². The van der Waals surface area contributed by atoms with Crippen LogP contribution in [0.15, 0.2) is 79.5 Å². The molecule has 1 amide bonds. The Morgan fingerprint density at radius 2 is 2.16 bits per heavy atom. The van der Waals surface area contributed by atoms with Gasteiger partial charge in [-0.1, -0.05) is 30.0 Å². The topological polar surface area (TPSA) is 120 Å². The third-order valence-electron chi connectivity index (χ3n) is 4.25. The van der Waals surface area contributed by atoms with Gasteiger partial charge in [0.25, 0.3) is 12.1 Å². The number of thioether (sulfide) groups is 1. The molecule has 0 fully saturated rings. The molecular weight excluding hydrogens is 434 g/mol. The summed E-state index contributed by atoms with van der Waals surface area (Å²) < 4.78 is 16.8. The van der Waals surface area contributed by atoms with Gasteiger partial charge in [0.1, 0.15) is 18.1 Å². The van der Waals surface area contributed by atoms with Gasteiger partial charge in [-0.15, -0.1) is 0 Å². The molecule has 0 radical (unpaired) electrons. The van der Waals surface area contributed by atoms with Crippen LogP contribution in [0.5, 0.6) is 0 Å². The second-order valence-corrected chi connectivity index (χ2v) is 7.45. The van der Waals surface area contributed by atoms with Crippen molar-refractivity contribution < 1.29 is 28.3 Å². The van der Waals surface area contributed by atoms with Crippen molar-refractivity contribution in [3.8, 4) is 0 Å². The van der Waals surface area contributed by atoms with Gasteiger partial charge in [-0.05, 0) is 34.8 Å². The van der Waals surface area contributed by atoms with Crippen LogP contribution in [0, 0.1) is 0 Å². The minimum Gasteiger partial charge on any atom is -0.861 e. The van der Waals surface area contributed by atoms with Crippen LogP contribution < -0.4 is 14.7 Å². The molecule has 1 aliphatic rings. The van der Waals surface area contributed by atoms with E-state index in [4.69, 9.17) is 13.7 Å². The molecule has 0 atom stereocenters. The lowest BCUT2D eigenvalue weighted by molar-refractivity contribution is -0.763. The van der Waals surface area contributed by atoms with Crippen molar-refractivity contribution in [3.05, 3.63) is 66.4 Å². The number of nitrogens with zero attached hydrogens (tertiary/aromatic N) is 5. The molecular formula is C21H19N5O5S. The summed E-state index contributed by atoms with van der Waals surface area (Å²) in [6, 6.07) is 12.5. The summed E-state index contributed by atoms with van der Waals surface area (Å²) in [4.78, 5) is 22.8. The number of carbonyl (C=O) groups excluding carboxylic acids is 1. The zero-order valence-electron chi connectivity index (χ0n) is 17.1. The van der Waals surface area contributed by atoms with Gasteiger partial charge in [0.05, 0.1) is 12.0 Å². The third-order valence-corrected chi connectivity index (χ3v) is 5.17. The van der Waals surface area contributed by atoms with E-state index in [9.17, 15) is 9.90 Å². The first-order chi connectivity index (χ1) is 15.6. The number of para-hydroxylation sites is 1. The normalized spacial score (nSPS) is 15.6. The summed E-state index contributed by atoms with van der Waals surface area (Å²) in [5, 5.41) is 16.5. The zero-order valence-corrected chi connectivity index (χ0v) is 17.9. The van der Waals surface area contributed by atoms with Crippen LogP contribution >= 0.6 is 11.8 Å². The fraction of sp³-hybridized carbons (Fsp3) is 0.190. The molecule has 3 aromatic rings. The number of amides is 1. The predicted octanol–water partition coefficient (Wildman–Crippen LogP) is 1.77. The molecule has 4 rings (SSSR count). The molecule has 32 heavy (non-hydrogen) atoms. The van der Waals surface area contributed by atoms with E-state index in [1.807, 2.05) is 18.2 Å². The van der Waals surface area contributed by atoms with Gasteiger partial charge in [0.2, 0.25) is 11.8 Å². The van der Waals surface area contributed by atoms with Crippen molar-refractivity contribution in [2.24, 2.45) is 9.98 Å². The number of furan rings is 1. The first kappa shape index (κ1) is 21.5. The highest BCUT2D eigenvalue weighted by Crippen LogP contribution is 2.29. The molecule has 1 aromatic carbocycles. The van der Waals surface area contributed by atoms with Crippen LogP contribution in [-0.2, 0) is 16.1 Å². The third kappa shape index (κ3) is 5.13. The minimum atomic E-state index is -0.448. The maximum absolute atomic E-state index is 13.0. The number of aromatic nitrogens is 2. The molecule has 0 spiro atoms. The van der Waals surface area contributed by atoms with Gasteiger partial charge in [-0.25, -0.2) is 9.98 Å². The maximum atomic E-state index is 13.0. The first-order valence-corrected chi connectivity index (χ1v) is 10.6. The van der Waals surface area contributed by atoms with Gasteiger partial charge >= 0.3 is 5.88 Å². The highest BCUT2D eigenvalue weighted by atomic mass is 32.2. The molecule has 164 valence electrons. The lowest BCUT2D eigenvalue weighted by Crippen LogP contribution is -2.36. The second kappa shape index (κ2) is 10.1. The zero-order chi connectivity index (χ0) is 22.3. The van der Waals surface area contributed by atoms with Crippen LogP contribution in [0.3, 0.4) is 0 Å². The molecule has 11 heteroatoms. The van der Waals surface area contributed by atoms with Crippen LogP contribution in [0.4, 0.5) is 11.6 Å². The molecule has 0 N–H and O–H groups in total. The summed E-state index contributed by atoms with van der Waals surface area (Å²) in [6.07, 6.45) is 4.59. The first-order valence-electron chi connectivity index (χ1n) is 9.60. The number of hydrogen-bond donors (Lipinski definition) is 0. The van der Waals surface area contributed by atoms with Crippen LogP contribution in [0.25, 0.3) is 6.08 Å². The fourth-order valence-corrected chi connectivity index (χ4v) is 3.59. The van der Waals surface area contributed by atoms with Crippen molar-refractivity contribution >= 4 is 46.4 Å². The SMILES string of the molecule is COCC[n+]1cc(/N=C(\[O-])CSC2=N/C(=C/c3ccco3)C(=O)N2c2ccccc2)on1. The Hall–Kier alpha value is -3.70. The van der Waals surface area contributed by atoms with Gasteiger partial charge in [0, 0.05) is 18.9 Å². The standard InChI is InChI=1S/C21H19N5O5S/c1-29-11-9-25-13-19(31-24-25)23-18(27)14-32-21-22-17(12-16-8-5-10-30-16)20(28)26(21)15-6-3-2-4-7-15/h2-8,10,12-13H,9,11,14H2,1H3/b17-12+. The molecule has 0 unspecified atom stereocenters. The smallest absolute Gasteiger partial charge is 0.320 e. The Morgan fingerprint density at radius 3 is 2.91 bits per heavy atom. The van der Waals surface area contributed by atoms with E-state index < -0.39 is 5.90 Å². The maximum Gasteiger partial charge on any atom is 0.320 e. The predicted molar refractivity (Wildman–Crippen MR) is 116 cm³/mol. The van der Waals surface area contributed by atoms with Crippen LogP contribution in [0.1, 0.15) is 5.76 Å². The molecule has 3 heterocycles. The number of amidine groups is 1. The average Bonchev–Trinajstić information content (AvgIpc) is 3.54. The number of hydrogen-bond acceptors (Lipinski definition) is 9. The van der Waals surface area contributed by atoms with Crippen molar-refractivity contribution in [1.82, 2.24) is 5.27 Å². The molecule has 10 nitrogen and oxygen atoms in total. The number of ether oxygens (including phenoxy) is 1. The highest BCUT2D eigenvalue weighted by Gasteiger charge is 2.32. The highest BCUT2D eigenvalue weighted by molar-refractivity contribution is 8.14. The molecule has 0 bridgehead atoms. The Labute approximate surface area is 187 Å². The minimum absolute atomic E-state index is 0.0394. The quantitative estimate of drug-likeness (QED) is 0.221. The molecule has 2 aromatic heterocycles. The van der Waals surface area contributed by atoms with E-state index in [1.165, 1.54) is 22.0 Å². The summed E-state index contributed by atoms with van der Waals surface area (Å²) in [7, 11) is 1.58.